The molecule has 20 heavy (non-hydrogen) atoms. The molecule has 0 aliphatic carbocycles. The Morgan fingerprint density at radius 3 is 2.40 bits per heavy atom. The zero-order chi connectivity index (χ0) is 13.4. The zero-order valence-electron chi connectivity index (χ0n) is 11.5. The first-order valence-corrected chi connectivity index (χ1v) is 8.30. The lowest BCUT2D eigenvalue weighted by Crippen LogP contribution is -2.36. The minimum atomic E-state index is 0.336. The van der Waals surface area contributed by atoms with Crippen LogP contribution in [0.4, 0.5) is 0 Å². The Morgan fingerprint density at radius 1 is 0.900 bits per heavy atom. The average molecular weight is 281 g/mol. The van der Waals surface area contributed by atoms with E-state index in [1.54, 1.807) is 5.56 Å². The van der Waals surface area contributed by atoms with Gasteiger partial charge in [0.1, 0.15) is 0 Å². The van der Waals surface area contributed by atoms with Crippen molar-refractivity contribution >= 4 is 11.8 Å². The van der Waals surface area contributed by atoms with Gasteiger partial charge in [-0.1, -0.05) is 54.6 Å². The fourth-order valence-corrected chi connectivity index (χ4v) is 5.42. The Balaban J connectivity index is 1.81. The highest BCUT2D eigenvalue weighted by molar-refractivity contribution is 8.01. The maximum Gasteiger partial charge on any atom is 0.0558 e. The van der Waals surface area contributed by atoms with Crippen LogP contribution in [0.2, 0.25) is 0 Å². The molecule has 0 aromatic heterocycles. The summed E-state index contributed by atoms with van der Waals surface area (Å²) in [5.74, 6) is 0. The summed E-state index contributed by atoms with van der Waals surface area (Å²) in [6, 6.07) is 20.1. The molecule has 0 radical (unpaired) electrons. The van der Waals surface area contributed by atoms with Gasteiger partial charge in [-0.05, 0) is 42.6 Å². The standard InChI is InChI=1S/C18H19NS/c1-2-6-14(7-3-1)17-15-8-4-5-9-16(15)18(20-17)10-12-19-13-11-18/h1-9,17,19H,10-13H2. The summed E-state index contributed by atoms with van der Waals surface area (Å²) < 4.78 is 0.336. The molecule has 2 heterocycles. The molecule has 1 spiro atoms. The van der Waals surface area contributed by atoms with Gasteiger partial charge in [0.2, 0.25) is 0 Å². The third-order valence-corrected chi connectivity index (χ3v) is 6.43. The van der Waals surface area contributed by atoms with Crippen LogP contribution in [0.1, 0.15) is 34.8 Å². The fraction of sp³-hybridized carbons (Fsp3) is 0.333. The van der Waals surface area contributed by atoms with Crippen molar-refractivity contribution in [3.8, 4) is 0 Å². The summed E-state index contributed by atoms with van der Waals surface area (Å²) in [6.45, 7) is 2.28. The van der Waals surface area contributed by atoms with Gasteiger partial charge in [-0.15, -0.1) is 11.8 Å². The minimum absolute atomic E-state index is 0.336. The van der Waals surface area contributed by atoms with E-state index in [9.17, 15) is 0 Å². The molecular weight excluding hydrogens is 262 g/mol. The first-order valence-electron chi connectivity index (χ1n) is 7.42. The maximum absolute atomic E-state index is 3.51. The third kappa shape index (κ3) is 1.90. The topological polar surface area (TPSA) is 12.0 Å². The lowest BCUT2D eigenvalue weighted by Gasteiger charge is -2.34. The van der Waals surface area contributed by atoms with Crippen molar-refractivity contribution in [3.05, 3.63) is 71.3 Å². The molecule has 4 rings (SSSR count). The van der Waals surface area contributed by atoms with Crippen LogP contribution in [0.15, 0.2) is 54.6 Å². The second-order valence-electron chi connectivity index (χ2n) is 5.74. The first kappa shape index (κ1) is 12.5. The van der Waals surface area contributed by atoms with Gasteiger partial charge in [-0.25, -0.2) is 0 Å². The van der Waals surface area contributed by atoms with Crippen LogP contribution in [-0.2, 0) is 4.75 Å². The van der Waals surface area contributed by atoms with Gasteiger partial charge in [-0.3, -0.25) is 0 Å². The van der Waals surface area contributed by atoms with Crippen LogP contribution in [0.25, 0.3) is 0 Å². The van der Waals surface area contributed by atoms with Gasteiger partial charge in [0.05, 0.1) is 5.25 Å². The fourth-order valence-electron chi connectivity index (χ4n) is 3.59. The summed E-state index contributed by atoms with van der Waals surface area (Å²) in [4.78, 5) is 0. The molecule has 102 valence electrons. The average Bonchev–Trinajstić information content (AvgIpc) is 2.84. The van der Waals surface area contributed by atoms with E-state index in [1.165, 1.54) is 24.0 Å². The highest BCUT2D eigenvalue weighted by Crippen LogP contribution is 2.60. The molecule has 1 atom stereocenters. The molecule has 1 nitrogen and oxygen atoms in total. The molecule has 2 aliphatic rings. The Hall–Kier alpha value is -1.25. The molecule has 0 amide bonds. The van der Waals surface area contributed by atoms with Crippen LogP contribution in [0.3, 0.4) is 0 Å². The van der Waals surface area contributed by atoms with E-state index in [-0.39, 0.29) is 0 Å². The van der Waals surface area contributed by atoms with Crippen molar-refractivity contribution in [1.82, 2.24) is 5.32 Å². The zero-order valence-corrected chi connectivity index (χ0v) is 12.3. The number of fused-ring (bicyclic) bond motifs is 2. The van der Waals surface area contributed by atoms with Crippen LogP contribution in [-0.4, -0.2) is 13.1 Å². The molecule has 1 fully saturated rings. The van der Waals surface area contributed by atoms with Gasteiger partial charge in [-0.2, -0.15) is 0 Å². The predicted octanol–water partition coefficient (Wildman–Crippen LogP) is 4.10. The molecule has 0 bridgehead atoms. The SMILES string of the molecule is c1ccc(C2SC3(CCNCC3)c3ccccc32)cc1. The second kappa shape index (κ2) is 4.94. The Morgan fingerprint density at radius 2 is 1.60 bits per heavy atom. The number of hydrogen-bond donors (Lipinski definition) is 1. The van der Waals surface area contributed by atoms with Crippen molar-refractivity contribution < 1.29 is 0 Å². The van der Waals surface area contributed by atoms with E-state index >= 15 is 0 Å². The molecular formula is C18H19NS. The third-order valence-electron chi connectivity index (χ3n) is 4.59. The van der Waals surface area contributed by atoms with E-state index in [1.807, 2.05) is 0 Å². The van der Waals surface area contributed by atoms with Crippen molar-refractivity contribution in [2.24, 2.45) is 0 Å². The Labute approximate surface area is 124 Å². The van der Waals surface area contributed by atoms with Gasteiger partial charge in [0.15, 0.2) is 0 Å². The summed E-state index contributed by atoms with van der Waals surface area (Å²) >= 11 is 2.18. The molecule has 2 aromatic rings. The summed E-state index contributed by atoms with van der Waals surface area (Å²) in [5, 5.41) is 4.01. The molecule has 1 saturated heterocycles. The molecule has 0 saturated carbocycles. The summed E-state index contributed by atoms with van der Waals surface area (Å²) in [6.07, 6.45) is 2.50. The van der Waals surface area contributed by atoms with E-state index in [4.69, 9.17) is 0 Å². The van der Waals surface area contributed by atoms with E-state index < -0.39 is 0 Å². The molecule has 2 aliphatic heterocycles. The number of benzene rings is 2. The van der Waals surface area contributed by atoms with E-state index in [0.29, 0.717) is 10.00 Å². The van der Waals surface area contributed by atoms with Crippen molar-refractivity contribution in [2.75, 3.05) is 13.1 Å². The predicted molar refractivity (Wildman–Crippen MR) is 86.1 cm³/mol. The van der Waals surface area contributed by atoms with Gasteiger partial charge < -0.3 is 5.32 Å². The number of rotatable bonds is 1. The molecule has 1 unspecified atom stereocenters. The lowest BCUT2D eigenvalue weighted by molar-refractivity contribution is 0.427. The van der Waals surface area contributed by atoms with Gasteiger partial charge >= 0.3 is 0 Å². The normalized spacial score (nSPS) is 23.7. The first-order chi connectivity index (χ1) is 9.89. The monoisotopic (exact) mass is 281 g/mol. The number of thioether (sulfide) groups is 1. The summed E-state index contributed by atoms with van der Waals surface area (Å²) in [7, 11) is 0. The Kier molecular flexibility index (Phi) is 3.08. The second-order valence-corrected chi connectivity index (χ2v) is 7.23. The lowest BCUT2D eigenvalue weighted by atomic mass is 9.85. The van der Waals surface area contributed by atoms with Gasteiger partial charge in [0, 0.05) is 4.75 Å². The number of piperidine rings is 1. The van der Waals surface area contributed by atoms with Crippen LogP contribution in [0, 0.1) is 0 Å². The van der Waals surface area contributed by atoms with E-state index in [2.05, 4.69) is 71.7 Å². The minimum Gasteiger partial charge on any atom is -0.317 e. The Bertz CT molecular complexity index is 602. The van der Waals surface area contributed by atoms with E-state index in [0.717, 1.165) is 13.1 Å². The van der Waals surface area contributed by atoms with Crippen LogP contribution < -0.4 is 5.32 Å². The van der Waals surface area contributed by atoms with Crippen molar-refractivity contribution in [2.45, 2.75) is 22.8 Å². The van der Waals surface area contributed by atoms with Crippen molar-refractivity contribution in [1.29, 1.82) is 0 Å². The summed E-state index contributed by atoms with van der Waals surface area (Å²) in [5.41, 5.74) is 4.56. The smallest absolute Gasteiger partial charge is 0.0558 e. The van der Waals surface area contributed by atoms with Crippen molar-refractivity contribution in [3.63, 3.8) is 0 Å². The number of nitrogens with one attached hydrogen (secondary N) is 1. The highest BCUT2D eigenvalue weighted by atomic mass is 32.2. The quantitative estimate of drug-likeness (QED) is 0.844. The van der Waals surface area contributed by atoms with Crippen LogP contribution in [0.5, 0.6) is 0 Å². The molecule has 2 aromatic carbocycles. The van der Waals surface area contributed by atoms with Gasteiger partial charge in [0.25, 0.3) is 0 Å². The molecule has 1 N–H and O–H groups in total. The highest BCUT2D eigenvalue weighted by Gasteiger charge is 2.45. The molecule has 2 heteroatoms. The maximum atomic E-state index is 3.51. The largest absolute Gasteiger partial charge is 0.317 e. The van der Waals surface area contributed by atoms with Crippen LogP contribution >= 0.6 is 11.8 Å². The number of hydrogen-bond acceptors (Lipinski definition) is 2.